The van der Waals surface area contributed by atoms with Gasteiger partial charge in [-0.25, -0.2) is 14.2 Å². The number of anilines is 1. The second-order valence-electron chi connectivity index (χ2n) is 6.98. The molecule has 154 valence electrons. The van der Waals surface area contributed by atoms with Gasteiger partial charge < -0.3 is 4.55 Å². The van der Waals surface area contributed by atoms with Gasteiger partial charge in [0, 0.05) is 47.2 Å². The second kappa shape index (κ2) is 8.07. The molecule has 3 aromatic heterocycles. The van der Waals surface area contributed by atoms with E-state index in [-0.39, 0.29) is 0 Å². The van der Waals surface area contributed by atoms with E-state index in [0.717, 1.165) is 33.6 Å². The van der Waals surface area contributed by atoms with E-state index in [9.17, 15) is 4.55 Å². The van der Waals surface area contributed by atoms with Gasteiger partial charge in [-0.15, -0.1) is 0 Å². The lowest BCUT2D eigenvalue weighted by molar-refractivity contribution is 0.600. The smallest absolute Gasteiger partial charge is 0.181 e. The molecule has 5 aromatic rings. The van der Waals surface area contributed by atoms with Gasteiger partial charge in [-0.1, -0.05) is 29.8 Å². The fourth-order valence-electron chi connectivity index (χ4n) is 3.32. The average Bonchev–Trinajstić information content (AvgIpc) is 3.40. The fourth-order valence-corrected chi connectivity index (χ4v) is 4.48. The third-order valence-electron chi connectivity index (χ3n) is 4.82. The SMILES string of the molecule is Cn1cc(-c2cc3c(-c4ccc(N[S+]([O-])c5cccc(Cl)c5)cc4)ncnn3c2)cn1. The molecule has 2 aromatic carbocycles. The minimum Gasteiger partial charge on any atom is -0.588 e. The van der Waals surface area contributed by atoms with Gasteiger partial charge in [0.05, 0.1) is 23.1 Å². The molecular formula is C22H17ClN6OS. The van der Waals surface area contributed by atoms with Crippen LogP contribution in [0, 0.1) is 0 Å². The standard InChI is InChI=1S/C22H17ClN6OS/c1-28-12-17(11-25-28)16-9-21-22(24-14-26-29(21)13-16)15-5-7-19(8-6-15)27-31(30)20-4-2-3-18(23)10-20/h2-14,27H,1H3. The van der Waals surface area contributed by atoms with Gasteiger partial charge >= 0.3 is 0 Å². The number of hydrogen-bond acceptors (Lipinski definition) is 5. The Hall–Kier alpha value is -3.33. The topological polar surface area (TPSA) is 83.1 Å². The Labute approximate surface area is 186 Å². The van der Waals surface area contributed by atoms with Crippen LogP contribution in [0.2, 0.25) is 5.02 Å². The summed E-state index contributed by atoms with van der Waals surface area (Å²) in [5, 5.41) is 9.12. The summed E-state index contributed by atoms with van der Waals surface area (Å²) < 4.78 is 19.1. The van der Waals surface area contributed by atoms with E-state index in [0.29, 0.717) is 9.92 Å². The summed E-state index contributed by atoms with van der Waals surface area (Å²) in [7, 11) is 1.89. The molecule has 5 rings (SSSR count). The third-order valence-corrected chi connectivity index (χ3v) is 6.16. The Kier molecular flexibility index (Phi) is 5.11. The molecule has 0 saturated carbocycles. The number of fused-ring (bicyclic) bond motifs is 1. The quantitative estimate of drug-likeness (QED) is 0.398. The van der Waals surface area contributed by atoms with Crippen LogP contribution < -0.4 is 4.72 Å². The number of aryl methyl sites for hydroxylation is 1. The zero-order chi connectivity index (χ0) is 21.4. The highest BCUT2D eigenvalue weighted by molar-refractivity contribution is 7.92. The minimum absolute atomic E-state index is 0.550. The summed E-state index contributed by atoms with van der Waals surface area (Å²) >= 11 is 4.58. The van der Waals surface area contributed by atoms with Crippen molar-refractivity contribution in [3.63, 3.8) is 0 Å². The van der Waals surface area contributed by atoms with Crippen LogP contribution in [-0.4, -0.2) is 28.9 Å². The van der Waals surface area contributed by atoms with Crippen molar-refractivity contribution in [1.29, 1.82) is 0 Å². The first-order valence-electron chi connectivity index (χ1n) is 9.44. The van der Waals surface area contributed by atoms with Gasteiger partial charge in [0.25, 0.3) is 0 Å². The van der Waals surface area contributed by atoms with Gasteiger partial charge in [-0.2, -0.15) is 10.2 Å². The molecule has 9 heteroatoms. The summed E-state index contributed by atoms with van der Waals surface area (Å²) in [4.78, 5) is 5.11. The third kappa shape index (κ3) is 4.00. The number of nitrogens with one attached hydrogen (secondary N) is 1. The van der Waals surface area contributed by atoms with Gasteiger partial charge in [-0.05, 0) is 30.3 Å². The van der Waals surface area contributed by atoms with E-state index in [1.807, 2.05) is 60.5 Å². The first kappa shape index (κ1) is 19.6. The number of rotatable bonds is 5. The number of nitrogens with zero attached hydrogens (tertiary/aromatic N) is 5. The van der Waals surface area contributed by atoms with E-state index in [1.54, 1.807) is 28.9 Å². The lowest BCUT2D eigenvalue weighted by Gasteiger charge is -2.12. The van der Waals surface area contributed by atoms with Crippen LogP contribution in [0.5, 0.6) is 0 Å². The van der Waals surface area contributed by atoms with Crippen molar-refractivity contribution in [1.82, 2.24) is 24.4 Å². The molecule has 0 fully saturated rings. The summed E-state index contributed by atoms with van der Waals surface area (Å²) in [6.07, 6.45) is 7.28. The van der Waals surface area contributed by atoms with E-state index in [1.165, 1.54) is 6.33 Å². The van der Waals surface area contributed by atoms with Gasteiger partial charge in [0.2, 0.25) is 0 Å². The van der Waals surface area contributed by atoms with E-state index in [2.05, 4.69) is 19.9 Å². The molecule has 0 radical (unpaired) electrons. The maximum absolute atomic E-state index is 12.5. The Bertz CT molecular complexity index is 1360. The lowest BCUT2D eigenvalue weighted by atomic mass is 10.1. The highest BCUT2D eigenvalue weighted by Gasteiger charge is 2.14. The Morgan fingerprint density at radius 2 is 1.81 bits per heavy atom. The maximum Gasteiger partial charge on any atom is 0.181 e. The van der Waals surface area contributed by atoms with E-state index in [4.69, 9.17) is 11.6 Å². The van der Waals surface area contributed by atoms with E-state index >= 15 is 0 Å². The van der Waals surface area contributed by atoms with Crippen LogP contribution in [0.1, 0.15) is 0 Å². The molecule has 31 heavy (non-hydrogen) atoms. The molecule has 0 aliphatic heterocycles. The zero-order valence-electron chi connectivity index (χ0n) is 16.4. The molecule has 7 nitrogen and oxygen atoms in total. The van der Waals surface area contributed by atoms with Crippen LogP contribution in [0.15, 0.2) is 84.4 Å². The molecule has 0 amide bonds. The maximum atomic E-state index is 12.5. The van der Waals surface area contributed by atoms with Crippen LogP contribution >= 0.6 is 11.6 Å². The largest absolute Gasteiger partial charge is 0.588 e. The summed E-state index contributed by atoms with van der Waals surface area (Å²) in [6.45, 7) is 0. The molecule has 1 N–H and O–H groups in total. The van der Waals surface area contributed by atoms with Crippen LogP contribution in [0.25, 0.3) is 27.9 Å². The van der Waals surface area contributed by atoms with Gasteiger partial charge in [-0.3, -0.25) is 4.68 Å². The Morgan fingerprint density at radius 1 is 0.968 bits per heavy atom. The van der Waals surface area contributed by atoms with Crippen molar-refractivity contribution in [3.8, 4) is 22.4 Å². The van der Waals surface area contributed by atoms with Crippen molar-refractivity contribution in [2.75, 3.05) is 4.72 Å². The minimum atomic E-state index is -1.41. The average molecular weight is 449 g/mol. The number of benzene rings is 2. The predicted octanol–water partition coefficient (Wildman–Crippen LogP) is 4.58. The van der Waals surface area contributed by atoms with Crippen molar-refractivity contribution in [3.05, 3.63) is 84.5 Å². The monoisotopic (exact) mass is 448 g/mol. The zero-order valence-corrected chi connectivity index (χ0v) is 18.0. The molecule has 0 aliphatic rings. The highest BCUT2D eigenvalue weighted by Crippen LogP contribution is 2.29. The van der Waals surface area contributed by atoms with E-state index < -0.39 is 11.4 Å². The molecule has 0 saturated heterocycles. The van der Waals surface area contributed by atoms with Crippen LogP contribution in [0.4, 0.5) is 5.69 Å². The predicted molar refractivity (Wildman–Crippen MR) is 122 cm³/mol. The molecule has 0 bridgehead atoms. The highest BCUT2D eigenvalue weighted by atomic mass is 35.5. The molecule has 0 aliphatic carbocycles. The molecule has 0 spiro atoms. The Balaban J connectivity index is 1.42. The second-order valence-corrected chi connectivity index (χ2v) is 8.62. The summed E-state index contributed by atoms with van der Waals surface area (Å²) in [5.74, 6) is 0. The van der Waals surface area contributed by atoms with Crippen molar-refractivity contribution < 1.29 is 4.55 Å². The van der Waals surface area contributed by atoms with Crippen molar-refractivity contribution >= 4 is 34.2 Å². The van der Waals surface area contributed by atoms with Crippen LogP contribution in [0.3, 0.4) is 0 Å². The first-order chi connectivity index (χ1) is 15.1. The van der Waals surface area contributed by atoms with Crippen molar-refractivity contribution in [2.45, 2.75) is 4.90 Å². The summed E-state index contributed by atoms with van der Waals surface area (Å²) in [6, 6.07) is 16.7. The summed E-state index contributed by atoms with van der Waals surface area (Å²) in [5.41, 5.74) is 5.41. The number of hydrogen-bond donors (Lipinski definition) is 1. The van der Waals surface area contributed by atoms with Crippen LogP contribution in [-0.2, 0) is 18.4 Å². The van der Waals surface area contributed by atoms with Crippen molar-refractivity contribution in [2.24, 2.45) is 7.05 Å². The first-order valence-corrected chi connectivity index (χ1v) is 11.0. The fraction of sp³-hybridized carbons (Fsp3) is 0.0455. The normalized spacial score (nSPS) is 12.2. The van der Waals surface area contributed by atoms with Gasteiger partial charge in [0.15, 0.2) is 4.90 Å². The Morgan fingerprint density at radius 3 is 2.55 bits per heavy atom. The molecule has 1 unspecified atom stereocenters. The number of halogens is 1. The number of aromatic nitrogens is 5. The molecule has 3 heterocycles. The molecular weight excluding hydrogens is 432 g/mol. The van der Waals surface area contributed by atoms with Gasteiger partial charge in [0.1, 0.15) is 17.7 Å². The lowest BCUT2D eigenvalue weighted by Crippen LogP contribution is -2.12. The molecule has 1 atom stereocenters.